The quantitative estimate of drug-likeness (QED) is 0.265. The van der Waals surface area contributed by atoms with Crippen LogP contribution in [0.2, 0.25) is 0 Å². The molecule has 0 saturated heterocycles. The van der Waals surface area contributed by atoms with Gasteiger partial charge in [0.15, 0.2) is 0 Å². The number of hydrogen-bond acceptors (Lipinski definition) is 4. The summed E-state index contributed by atoms with van der Waals surface area (Å²) in [5.74, 6) is 1.49. The molecule has 0 spiro atoms. The van der Waals surface area contributed by atoms with Gasteiger partial charge in [-0.25, -0.2) is 4.39 Å². The number of rotatable bonds is 8. The van der Waals surface area contributed by atoms with E-state index in [1.54, 1.807) is 60.3 Å². The highest BCUT2D eigenvalue weighted by Crippen LogP contribution is 2.36. The van der Waals surface area contributed by atoms with Gasteiger partial charge < -0.3 is 10.1 Å². The molecule has 0 aliphatic heterocycles. The number of amides is 1. The smallest absolute Gasteiger partial charge is 0.228 e. The van der Waals surface area contributed by atoms with Gasteiger partial charge in [-0.05, 0) is 71.5 Å². The Labute approximate surface area is 208 Å². The Morgan fingerprint density at radius 3 is 2.49 bits per heavy atom. The molecular formula is C29H23FN2O2S. The molecule has 6 heteroatoms. The number of anilines is 1. The molecule has 0 aliphatic carbocycles. The number of nitriles is 1. The maximum atomic E-state index is 13.5. The maximum Gasteiger partial charge on any atom is 0.228 e. The molecule has 0 aliphatic rings. The van der Waals surface area contributed by atoms with E-state index in [4.69, 9.17) is 4.74 Å². The van der Waals surface area contributed by atoms with Gasteiger partial charge in [0.25, 0.3) is 0 Å². The van der Waals surface area contributed by atoms with Gasteiger partial charge in [0.05, 0.1) is 18.1 Å². The van der Waals surface area contributed by atoms with Crippen molar-refractivity contribution in [3.05, 3.63) is 108 Å². The largest absolute Gasteiger partial charge is 0.457 e. The Morgan fingerprint density at radius 1 is 1.00 bits per heavy atom. The van der Waals surface area contributed by atoms with Crippen LogP contribution in [0.25, 0.3) is 11.1 Å². The lowest BCUT2D eigenvalue weighted by Crippen LogP contribution is -2.14. The topological polar surface area (TPSA) is 62.1 Å². The van der Waals surface area contributed by atoms with Crippen LogP contribution in [-0.2, 0) is 11.2 Å². The second-order valence-electron chi connectivity index (χ2n) is 7.76. The van der Waals surface area contributed by atoms with Crippen LogP contribution in [-0.4, -0.2) is 11.7 Å². The lowest BCUT2D eigenvalue weighted by atomic mass is 10.0. The van der Waals surface area contributed by atoms with Crippen molar-refractivity contribution < 1.29 is 13.9 Å². The SMILES string of the molecule is CCSc1ccc(CC(=O)Nc2ccc(-c3ccc(F)cc3)c(Oc3cccc(C#N)c3)c2)cc1. The number of nitrogens with one attached hydrogen (secondary N) is 1. The maximum absolute atomic E-state index is 13.5. The van der Waals surface area contributed by atoms with Crippen LogP contribution in [0.15, 0.2) is 95.9 Å². The number of nitrogens with zero attached hydrogens (tertiary/aromatic N) is 1. The average molecular weight is 483 g/mol. The Balaban J connectivity index is 1.57. The fourth-order valence-electron chi connectivity index (χ4n) is 3.57. The lowest BCUT2D eigenvalue weighted by Gasteiger charge is -2.14. The third kappa shape index (κ3) is 6.50. The molecule has 0 saturated carbocycles. The Morgan fingerprint density at radius 2 is 1.77 bits per heavy atom. The highest BCUT2D eigenvalue weighted by atomic mass is 32.2. The number of benzene rings is 4. The highest BCUT2D eigenvalue weighted by Gasteiger charge is 2.12. The normalized spacial score (nSPS) is 10.4. The zero-order valence-electron chi connectivity index (χ0n) is 19.1. The van der Waals surface area contributed by atoms with Crippen molar-refractivity contribution in [2.75, 3.05) is 11.1 Å². The summed E-state index contributed by atoms with van der Waals surface area (Å²) in [6, 6.07) is 28.3. The molecule has 4 aromatic carbocycles. The van der Waals surface area contributed by atoms with Crippen molar-refractivity contribution in [2.45, 2.75) is 18.2 Å². The van der Waals surface area contributed by atoms with E-state index in [0.717, 1.165) is 22.4 Å². The highest BCUT2D eigenvalue weighted by molar-refractivity contribution is 7.99. The van der Waals surface area contributed by atoms with E-state index in [0.29, 0.717) is 22.7 Å². The van der Waals surface area contributed by atoms with Gasteiger partial charge in [-0.2, -0.15) is 5.26 Å². The van der Waals surface area contributed by atoms with E-state index in [1.807, 2.05) is 30.3 Å². The van der Waals surface area contributed by atoms with Crippen LogP contribution in [0.4, 0.5) is 10.1 Å². The van der Waals surface area contributed by atoms with Crippen molar-refractivity contribution in [1.82, 2.24) is 0 Å². The summed E-state index contributed by atoms with van der Waals surface area (Å²) in [4.78, 5) is 13.9. The van der Waals surface area contributed by atoms with Gasteiger partial charge >= 0.3 is 0 Å². The molecular weight excluding hydrogens is 459 g/mol. The van der Waals surface area contributed by atoms with E-state index in [9.17, 15) is 14.4 Å². The van der Waals surface area contributed by atoms with Gasteiger partial charge in [0.2, 0.25) is 5.91 Å². The predicted molar refractivity (Wildman–Crippen MR) is 138 cm³/mol. The van der Waals surface area contributed by atoms with Crippen LogP contribution in [0, 0.1) is 17.1 Å². The first kappa shape index (κ1) is 24.1. The number of halogens is 1. The summed E-state index contributed by atoms with van der Waals surface area (Å²) < 4.78 is 19.6. The van der Waals surface area contributed by atoms with Gasteiger partial charge in [-0.1, -0.05) is 37.3 Å². The minimum Gasteiger partial charge on any atom is -0.457 e. The van der Waals surface area contributed by atoms with Crippen molar-refractivity contribution in [1.29, 1.82) is 5.26 Å². The van der Waals surface area contributed by atoms with Crippen molar-refractivity contribution >= 4 is 23.4 Å². The summed E-state index contributed by atoms with van der Waals surface area (Å²) in [5.41, 5.74) is 3.47. The summed E-state index contributed by atoms with van der Waals surface area (Å²) in [6.07, 6.45) is 0.247. The molecule has 0 fully saturated rings. The van der Waals surface area contributed by atoms with Crippen LogP contribution in [0.5, 0.6) is 11.5 Å². The first-order chi connectivity index (χ1) is 17.0. The van der Waals surface area contributed by atoms with E-state index in [2.05, 4.69) is 18.3 Å². The number of thioether (sulfide) groups is 1. The van der Waals surface area contributed by atoms with E-state index in [-0.39, 0.29) is 18.1 Å². The number of carbonyl (C=O) groups excluding carboxylic acids is 1. The standard InChI is InChI=1S/C29H23FN2O2S/c1-2-35-26-13-6-20(7-14-26)17-29(33)32-24-12-15-27(22-8-10-23(30)11-9-22)28(18-24)34-25-5-3-4-21(16-25)19-31/h3-16,18H,2,17H2,1H3,(H,32,33). The Kier molecular flexibility index (Phi) is 7.81. The molecule has 35 heavy (non-hydrogen) atoms. The zero-order chi connectivity index (χ0) is 24.6. The van der Waals surface area contributed by atoms with Crippen LogP contribution >= 0.6 is 11.8 Å². The van der Waals surface area contributed by atoms with Crippen LogP contribution in [0.3, 0.4) is 0 Å². The first-order valence-corrected chi connectivity index (χ1v) is 12.1. The van der Waals surface area contributed by atoms with E-state index in [1.165, 1.54) is 17.0 Å². The minimum absolute atomic E-state index is 0.146. The van der Waals surface area contributed by atoms with Gasteiger partial charge in [-0.3, -0.25) is 4.79 Å². The molecule has 0 aromatic heterocycles. The first-order valence-electron chi connectivity index (χ1n) is 11.1. The van der Waals surface area contributed by atoms with Crippen LogP contribution in [0.1, 0.15) is 18.1 Å². The fraction of sp³-hybridized carbons (Fsp3) is 0.103. The summed E-state index contributed by atoms with van der Waals surface area (Å²) >= 11 is 1.76. The molecule has 1 amide bonds. The van der Waals surface area contributed by atoms with E-state index < -0.39 is 0 Å². The van der Waals surface area contributed by atoms with Gasteiger partial charge in [0.1, 0.15) is 17.3 Å². The summed E-state index contributed by atoms with van der Waals surface area (Å²) in [5, 5.41) is 12.1. The molecule has 0 atom stereocenters. The fourth-order valence-corrected chi connectivity index (χ4v) is 4.23. The molecule has 0 bridgehead atoms. The molecule has 0 radical (unpaired) electrons. The number of carbonyl (C=O) groups is 1. The molecule has 4 aromatic rings. The zero-order valence-corrected chi connectivity index (χ0v) is 19.9. The third-order valence-corrected chi connectivity index (χ3v) is 6.10. The third-order valence-electron chi connectivity index (χ3n) is 5.21. The molecule has 0 heterocycles. The molecule has 0 unspecified atom stereocenters. The number of ether oxygens (including phenoxy) is 1. The van der Waals surface area contributed by atoms with Crippen LogP contribution < -0.4 is 10.1 Å². The van der Waals surface area contributed by atoms with Gasteiger partial charge in [0, 0.05) is 22.2 Å². The monoisotopic (exact) mass is 482 g/mol. The molecule has 4 rings (SSSR count). The van der Waals surface area contributed by atoms with Crippen molar-refractivity contribution in [3.63, 3.8) is 0 Å². The molecule has 1 N–H and O–H groups in total. The number of hydrogen-bond donors (Lipinski definition) is 1. The second-order valence-corrected chi connectivity index (χ2v) is 9.10. The van der Waals surface area contributed by atoms with Crippen molar-refractivity contribution in [3.8, 4) is 28.7 Å². The average Bonchev–Trinajstić information content (AvgIpc) is 2.86. The Hall–Kier alpha value is -4.08. The molecule has 4 nitrogen and oxygen atoms in total. The Bertz CT molecular complexity index is 1360. The predicted octanol–water partition coefficient (Wildman–Crippen LogP) is 7.45. The molecule has 174 valence electrons. The van der Waals surface area contributed by atoms with Crippen molar-refractivity contribution in [2.24, 2.45) is 0 Å². The van der Waals surface area contributed by atoms with E-state index >= 15 is 0 Å². The minimum atomic E-state index is -0.330. The lowest BCUT2D eigenvalue weighted by molar-refractivity contribution is -0.115. The summed E-state index contributed by atoms with van der Waals surface area (Å²) in [7, 11) is 0. The van der Waals surface area contributed by atoms with Gasteiger partial charge in [-0.15, -0.1) is 11.8 Å². The summed E-state index contributed by atoms with van der Waals surface area (Å²) in [6.45, 7) is 2.10. The second kappa shape index (κ2) is 11.4.